The second kappa shape index (κ2) is 4.56. The van der Waals surface area contributed by atoms with Crippen molar-refractivity contribution in [2.45, 2.75) is 32.2 Å². The van der Waals surface area contributed by atoms with E-state index in [-0.39, 0.29) is 5.41 Å². The molecule has 1 aromatic carbocycles. The maximum atomic E-state index is 3.53. The molecule has 1 aromatic rings. The highest BCUT2D eigenvalue weighted by atomic mass is 15.1. The van der Waals surface area contributed by atoms with Crippen LogP contribution >= 0.6 is 0 Å². The van der Waals surface area contributed by atoms with E-state index in [0.717, 1.165) is 19.6 Å². The second-order valence-corrected chi connectivity index (χ2v) is 5.58. The third kappa shape index (κ3) is 2.63. The van der Waals surface area contributed by atoms with Crippen LogP contribution in [0.25, 0.3) is 0 Å². The molecule has 1 fully saturated rings. The van der Waals surface area contributed by atoms with Gasteiger partial charge < -0.3 is 10.6 Å². The van der Waals surface area contributed by atoms with Gasteiger partial charge in [0.1, 0.15) is 0 Å². The molecule has 2 heteroatoms. The Labute approximate surface area is 98.4 Å². The van der Waals surface area contributed by atoms with Gasteiger partial charge in [0, 0.05) is 25.7 Å². The normalized spacial score (nSPS) is 22.1. The predicted molar refractivity (Wildman–Crippen MR) is 68.8 cm³/mol. The lowest BCUT2D eigenvalue weighted by molar-refractivity contribution is 0.430. The molecular weight excluding hydrogens is 196 g/mol. The molecule has 0 aromatic heterocycles. The van der Waals surface area contributed by atoms with Gasteiger partial charge >= 0.3 is 0 Å². The van der Waals surface area contributed by atoms with Crippen LogP contribution in [0.4, 0.5) is 0 Å². The molecule has 0 bridgehead atoms. The van der Waals surface area contributed by atoms with Gasteiger partial charge in [-0.15, -0.1) is 0 Å². The van der Waals surface area contributed by atoms with Crippen molar-refractivity contribution in [1.29, 1.82) is 0 Å². The zero-order valence-electron chi connectivity index (χ0n) is 10.5. The van der Waals surface area contributed by atoms with Crippen LogP contribution in [0, 0.1) is 0 Å². The van der Waals surface area contributed by atoms with Crippen LogP contribution in [0.2, 0.25) is 0 Å². The SMILES string of the molecule is CC(C)(C)c1ccc([C@@H]2CNCCN2)cc1. The molecule has 1 aliphatic heterocycles. The Bertz CT molecular complexity index is 329. The summed E-state index contributed by atoms with van der Waals surface area (Å²) in [7, 11) is 0. The minimum Gasteiger partial charge on any atom is -0.314 e. The number of hydrogen-bond acceptors (Lipinski definition) is 2. The fourth-order valence-electron chi connectivity index (χ4n) is 2.10. The Morgan fingerprint density at radius 2 is 1.75 bits per heavy atom. The molecule has 1 atom stereocenters. The summed E-state index contributed by atoms with van der Waals surface area (Å²) in [4.78, 5) is 0. The highest BCUT2D eigenvalue weighted by molar-refractivity contribution is 5.29. The molecule has 1 heterocycles. The van der Waals surface area contributed by atoms with E-state index in [0.29, 0.717) is 6.04 Å². The fraction of sp³-hybridized carbons (Fsp3) is 0.571. The van der Waals surface area contributed by atoms with Gasteiger partial charge in [0.05, 0.1) is 0 Å². The second-order valence-electron chi connectivity index (χ2n) is 5.58. The van der Waals surface area contributed by atoms with Gasteiger partial charge in [0.25, 0.3) is 0 Å². The summed E-state index contributed by atoms with van der Waals surface area (Å²) in [5.74, 6) is 0. The number of rotatable bonds is 1. The lowest BCUT2D eigenvalue weighted by atomic mass is 9.86. The Balaban J connectivity index is 2.12. The first-order valence-electron chi connectivity index (χ1n) is 6.12. The summed E-state index contributed by atoms with van der Waals surface area (Å²) in [6.07, 6.45) is 0. The molecule has 0 aliphatic carbocycles. The fourth-order valence-corrected chi connectivity index (χ4v) is 2.10. The number of hydrogen-bond donors (Lipinski definition) is 2. The van der Waals surface area contributed by atoms with E-state index in [1.165, 1.54) is 11.1 Å². The molecule has 0 radical (unpaired) electrons. The predicted octanol–water partition coefficient (Wildman–Crippen LogP) is 2.22. The summed E-state index contributed by atoms with van der Waals surface area (Å²) in [5.41, 5.74) is 3.04. The maximum Gasteiger partial charge on any atom is 0.0447 e. The minimum absolute atomic E-state index is 0.247. The third-order valence-electron chi connectivity index (χ3n) is 3.22. The largest absolute Gasteiger partial charge is 0.314 e. The highest BCUT2D eigenvalue weighted by Gasteiger charge is 2.16. The molecule has 16 heavy (non-hydrogen) atoms. The summed E-state index contributed by atoms with van der Waals surface area (Å²) < 4.78 is 0. The molecule has 0 spiro atoms. The summed E-state index contributed by atoms with van der Waals surface area (Å²) >= 11 is 0. The van der Waals surface area contributed by atoms with Gasteiger partial charge in [-0.05, 0) is 16.5 Å². The van der Waals surface area contributed by atoms with Crippen LogP contribution in [0.1, 0.15) is 37.9 Å². The van der Waals surface area contributed by atoms with Crippen molar-refractivity contribution in [3.63, 3.8) is 0 Å². The Morgan fingerprint density at radius 1 is 1.06 bits per heavy atom. The van der Waals surface area contributed by atoms with E-state index < -0.39 is 0 Å². The van der Waals surface area contributed by atoms with Gasteiger partial charge in [0.2, 0.25) is 0 Å². The van der Waals surface area contributed by atoms with Crippen LogP contribution in [-0.4, -0.2) is 19.6 Å². The Morgan fingerprint density at radius 3 is 2.25 bits per heavy atom. The summed E-state index contributed by atoms with van der Waals surface area (Å²) in [6, 6.07) is 9.50. The number of piperazine rings is 1. The molecule has 1 saturated heterocycles. The van der Waals surface area contributed by atoms with Gasteiger partial charge in [-0.25, -0.2) is 0 Å². The van der Waals surface area contributed by atoms with Gasteiger partial charge in [-0.2, -0.15) is 0 Å². The third-order valence-corrected chi connectivity index (χ3v) is 3.22. The first-order valence-corrected chi connectivity index (χ1v) is 6.12. The quantitative estimate of drug-likeness (QED) is 0.755. The molecule has 1 aliphatic rings. The zero-order chi connectivity index (χ0) is 11.6. The standard InChI is InChI=1S/C14H22N2/c1-14(2,3)12-6-4-11(5-7-12)13-10-15-8-9-16-13/h4-7,13,15-16H,8-10H2,1-3H3/t13-/m0/s1. The average molecular weight is 218 g/mol. The molecule has 2 nitrogen and oxygen atoms in total. The van der Waals surface area contributed by atoms with Crippen LogP contribution < -0.4 is 10.6 Å². The van der Waals surface area contributed by atoms with E-state index in [9.17, 15) is 0 Å². The van der Waals surface area contributed by atoms with Gasteiger partial charge in [-0.1, -0.05) is 45.0 Å². The topological polar surface area (TPSA) is 24.1 Å². The van der Waals surface area contributed by atoms with Crippen molar-refractivity contribution in [2.24, 2.45) is 0 Å². The molecule has 0 saturated carbocycles. The average Bonchev–Trinajstić information content (AvgIpc) is 2.29. The van der Waals surface area contributed by atoms with Gasteiger partial charge in [0.15, 0.2) is 0 Å². The molecule has 0 unspecified atom stereocenters. The lowest BCUT2D eigenvalue weighted by Crippen LogP contribution is -2.42. The van der Waals surface area contributed by atoms with Crippen molar-refractivity contribution in [1.82, 2.24) is 10.6 Å². The summed E-state index contributed by atoms with van der Waals surface area (Å²) in [6.45, 7) is 9.93. The van der Waals surface area contributed by atoms with Crippen LogP contribution in [0.5, 0.6) is 0 Å². The van der Waals surface area contributed by atoms with E-state index in [4.69, 9.17) is 0 Å². The Kier molecular flexibility index (Phi) is 3.31. The highest BCUT2D eigenvalue weighted by Crippen LogP contribution is 2.24. The first kappa shape index (κ1) is 11.6. The van der Waals surface area contributed by atoms with Crippen molar-refractivity contribution in [3.05, 3.63) is 35.4 Å². The van der Waals surface area contributed by atoms with Crippen LogP contribution in [0.3, 0.4) is 0 Å². The molecular formula is C14H22N2. The lowest BCUT2D eigenvalue weighted by Gasteiger charge is -2.26. The van der Waals surface area contributed by atoms with Crippen molar-refractivity contribution in [3.8, 4) is 0 Å². The minimum atomic E-state index is 0.247. The van der Waals surface area contributed by atoms with Crippen LogP contribution in [0.15, 0.2) is 24.3 Å². The van der Waals surface area contributed by atoms with E-state index in [2.05, 4.69) is 55.7 Å². The molecule has 0 amide bonds. The maximum absolute atomic E-state index is 3.53. The van der Waals surface area contributed by atoms with E-state index >= 15 is 0 Å². The number of benzene rings is 1. The van der Waals surface area contributed by atoms with Gasteiger partial charge in [-0.3, -0.25) is 0 Å². The molecule has 2 rings (SSSR count). The molecule has 88 valence electrons. The van der Waals surface area contributed by atoms with Crippen molar-refractivity contribution in [2.75, 3.05) is 19.6 Å². The Hall–Kier alpha value is -0.860. The zero-order valence-corrected chi connectivity index (χ0v) is 10.5. The van der Waals surface area contributed by atoms with Crippen molar-refractivity contribution >= 4 is 0 Å². The molecule has 2 N–H and O–H groups in total. The smallest absolute Gasteiger partial charge is 0.0447 e. The van der Waals surface area contributed by atoms with Crippen LogP contribution in [-0.2, 0) is 5.41 Å². The monoisotopic (exact) mass is 218 g/mol. The van der Waals surface area contributed by atoms with E-state index in [1.807, 2.05) is 0 Å². The first-order chi connectivity index (χ1) is 7.57. The van der Waals surface area contributed by atoms with Crippen molar-refractivity contribution < 1.29 is 0 Å². The van der Waals surface area contributed by atoms with E-state index in [1.54, 1.807) is 0 Å². The summed E-state index contributed by atoms with van der Waals surface area (Å²) in [5, 5.41) is 6.95. The number of nitrogens with one attached hydrogen (secondary N) is 2.